The van der Waals surface area contributed by atoms with Crippen molar-refractivity contribution in [1.29, 1.82) is 0 Å². The molecule has 0 amide bonds. The first-order chi connectivity index (χ1) is 7.77. The van der Waals surface area contributed by atoms with E-state index in [1.54, 1.807) is 0 Å². The van der Waals surface area contributed by atoms with E-state index in [9.17, 15) is 9.90 Å². The van der Waals surface area contributed by atoms with Crippen LogP contribution in [0.25, 0.3) is 0 Å². The second kappa shape index (κ2) is 5.58. The van der Waals surface area contributed by atoms with Crippen LogP contribution in [0.2, 0.25) is 0 Å². The van der Waals surface area contributed by atoms with Gasteiger partial charge in [-0.2, -0.15) is 0 Å². The Balaban J connectivity index is 1.90. The monoisotopic (exact) mass is 229 g/mol. The van der Waals surface area contributed by atoms with E-state index in [2.05, 4.69) is 10.8 Å². The van der Waals surface area contributed by atoms with Gasteiger partial charge in [0.05, 0.1) is 6.10 Å². The quantitative estimate of drug-likeness (QED) is 0.576. The number of aliphatic carboxylic acids is 1. The molecule has 0 aromatic heterocycles. The second-order valence-electron chi connectivity index (χ2n) is 4.30. The minimum Gasteiger partial charge on any atom is -0.480 e. The highest BCUT2D eigenvalue weighted by molar-refractivity contribution is 5.73. The molecule has 0 aliphatic carbocycles. The first-order valence-corrected chi connectivity index (χ1v) is 5.83. The Hall–Kier alpha value is -0.690. The summed E-state index contributed by atoms with van der Waals surface area (Å²) in [4.78, 5) is 18.5. The number of carboxylic acid groups (broad SMARTS) is 1. The van der Waals surface area contributed by atoms with Crippen LogP contribution in [0.3, 0.4) is 0 Å². The summed E-state index contributed by atoms with van der Waals surface area (Å²) < 4.78 is 0. The lowest BCUT2D eigenvalue weighted by Crippen LogP contribution is -2.52. The van der Waals surface area contributed by atoms with Gasteiger partial charge in [0.25, 0.3) is 0 Å². The molecule has 92 valence electrons. The maximum Gasteiger partial charge on any atom is 0.321 e. The molecule has 0 bridgehead atoms. The summed E-state index contributed by atoms with van der Waals surface area (Å²) in [5, 5.41) is 12.5. The Morgan fingerprint density at radius 1 is 1.44 bits per heavy atom. The van der Waals surface area contributed by atoms with Crippen LogP contribution in [0.5, 0.6) is 0 Å². The summed E-state index contributed by atoms with van der Waals surface area (Å²) in [6.45, 7) is 4.16. The summed E-state index contributed by atoms with van der Waals surface area (Å²) in [5.74, 6) is -0.739. The summed E-state index contributed by atoms with van der Waals surface area (Å²) >= 11 is 0. The minimum absolute atomic E-state index is 0.0379. The van der Waals surface area contributed by atoms with Crippen molar-refractivity contribution in [3.05, 3.63) is 0 Å². The Kier molecular flexibility index (Phi) is 4.11. The number of carboxylic acids is 1. The van der Waals surface area contributed by atoms with Crippen LogP contribution in [0, 0.1) is 0 Å². The van der Waals surface area contributed by atoms with Crippen LogP contribution in [-0.2, 0) is 9.63 Å². The predicted octanol–water partition coefficient (Wildman–Crippen LogP) is -0.972. The number of hydroxylamine groups is 1. The van der Waals surface area contributed by atoms with Gasteiger partial charge in [-0.1, -0.05) is 0 Å². The van der Waals surface area contributed by atoms with Crippen LogP contribution >= 0.6 is 0 Å². The van der Waals surface area contributed by atoms with Gasteiger partial charge < -0.3 is 10.4 Å². The van der Waals surface area contributed by atoms with Crippen LogP contribution < -0.4 is 10.8 Å². The number of rotatable bonds is 4. The topological polar surface area (TPSA) is 73.8 Å². The average molecular weight is 229 g/mol. The molecule has 2 rings (SSSR count). The predicted molar refractivity (Wildman–Crippen MR) is 58.0 cm³/mol. The van der Waals surface area contributed by atoms with Gasteiger partial charge in [-0.25, -0.2) is 5.48 Å². The fraction of sp³-hybridized carbons (Fsp3) is 0.900. The Morgan fingerprint density at radius 3 is 2.75 bits per heavy atom. The largest absolute Gasteiger partial charge is 0.480 e. The van der Waals surface area contributed by atoms with Crippen molar-refractivity contribution in [1.82, 2.24) is 15.7 Å². The Bertz CT molecular complexity index is 237. The van der Waals surface area contributed by atoms with E-state index in [1.165, 1.54) is 0 Å². The SMILES string of the molecule is O=C(O)C(CC1CCNO1)N1CCNCC1. The molecule has 0 aromatic carbocycles. The Morgan fingerprint density at radius 2 is 2.19 bits per heavy atom. The van der Waals surface area contributed by atoms with E-state index in [0.29, 0.717) is 6.42 Å². The van der Waals surface area contributed by atoms with E-state index < -0.39 is 12.0 Å². The number of piperazine rings is 1. The fourth-order valence-corrected chi connectivity index (χ4v) is 2.27. The smallest absolute Gasteiger partial charge is 0.321 e. The zero-order valence-corrected chi connectivity index (χ0v) is 9.32. The highest BCUT2D eigenvalue weighted by Crippen LogP contribution is 2.15. The summed E-state index contributed by atoms with van der Waals surface area (Å²) in [7, 11) is 0. The maximum absolute atomic E-state index is 11.2. The fourth-order valence-electron chi connectivity index (χ4n) is 2.27. The van der Waals surface area contributed by atoms with Gasteiger partial charge in [0.1, 0.15) is 6.04 Å². The van der Waals surface area contributed by atoms with E-state index in [4.69, 9.17) is 4.84 Å². The van der Waals surface area contributed by atoms with Crippen molar-refractivity contribution in [3.8, 4) is 0 Å². The molecule has 6 nitrogen and oxygen atoms in total. The molecule has 0 aromatic rings. The molecule has 0 radical (unpaired) electrons. The van der Waals surface area contributed by atoms with Crippen LogP contribution in [-0.4, -0.2) is 60.8 Å². The van der Waals surface area contributed by atoms with Crippen molar-refractivity contribution < 1.29 is 14.7 Å². The third-order valence-electron chi connectivity index (χ3n) is 3.18. The summed E-state index contributed by atoms with van der Waals surface area (Å²) in [5.41, 5.74) is 2.80. The molecular weight excluding hydrogens is 210 g/mol. The standard InChI is InChI=1S/C10H19N3O3/c14-10(15)9(7-8-1-2-12-16-8)13-5-3-11-4-6-13/h8-9,11-12H,1-7H2,(H,14,15). The first kappa shape index (κ1) is 11.8. The lowest BCUT2D eigenvalue weighted by molar-refractivity contribution is -0.145. The van der Waals surface area contributed by atoms with Crippen molar-refractivity contribution in [2.75, 3.05) is 32.7 Å². The molecule has 16 heavy (non-hydrogen) atoms. The van der Waals surface area contributed by atoms with Gasteiger partial charge >= 0.3 is 5.97 Å². The second-order valence-corrected chi connectivity index (χ2v) is 4.30. The summed E-state index contributed by atoms with van der Waals surface area (Å²) in [6.07, 6.45) is 1.51. The molecule has 2 heterocycles. The minimum atomic E-state index is -0.739. The molecule has 2 saturated heterocycles. The number of carbonyl (C=O) groups is 1. The van der Waals surface area contributed by atoms with Gasteiger partial charge in [-0.3, -0.25) is 14.5 Å². The molecule has 2 aliphatic rings. The molecule has 2 aliphatic heterocycles. The van der Waals surface area contributed by atoms with Crippen molar-refractivity contribution in [2.24, 2.45) is 0 Å². The third-order valence-corrected chi connectivity index (χ3v) is 3.18. The molecule has 2 fully saturated rings. The maximum atomic E-state index is 11.2. The van der Waals surface area contributed by atoms with Crippen molar-refractivity contribution in [3.63, 3.8) is 0 Å². The number of hydrogen-bond acceptors (Lipinski definition) is 5. The Labute approximate surface area is 94.9 Å². The highest BCUT2D eigenvalue weighted by atomic mass is 16.7. The van der Waals surface area contributed by atoms with Crippen LogP contribution in [0.15, 0.2) is 0 Å². The average Bonchev–Trinajstić information content (AvgIpc) is 2.79. The number of hydrogen-bond donors (Lipinski definition) is 3. The first-order valence-electron chi connectivity index (χ1n) is 5.83. The van der Waals surface area contributed by atoms with Crippen molar-refractivity contribution >= 4 is 5.97 Å². The van der Waals surface area contributed by atoms with E-state index >= 15 is 0 Å². The lowest BCUT2D eigenvalue weighted by atomic mass is 10.1. The third kappa shape index (κ3) is 2.91. The summed E-state index contributed by atoms with van der Waals surface area (Å²) in [6, 6.07) is -0.410. The van der Waals surface area contributed by atoms with E-state index in [-0.39, 0.29) is 6.10 Å². The zero-order valence-electron chi connectivity index (χ0n) is 9.32. The molecule has 6 heteroatoms. The molecule has 3 N–H and O–H groups in total. The number of nitrogens with one attached hydrogen (secondary N) is 2. The molecule has 2 atom stereocenters. The molecule has 0 saturated carbocycles. The van der Waals surface area contributed by atoms with E-state index in [0.717, 1.165) is 39.1 Å². The van der Waals surface area contributed by atoms with E-state index in [1.807, 2.05) is 4.90 Å². The van der Waals surface area contributed by atoms with Crippen molar-refractivity contribution in [2.45, 2.75) is 25.0 Å². The number of nitrogens with zero attached hydrogens (tertiary/aromatic N) is 1. The lowest BCUT2D eigenvalue weighted by Gasteiger charge is -2.33. The van der Waals surface area contributed by atoms with Crippen LogP contribution in [0.1, 0.15) is 12.8 Å². The van der Waals surface area contributed by atoms with Gasteiger partial charge in [0, 0.05) is 39.1 Å². The molecular formula is C10H19N3O3. The normalized spacial score (nSPS) is 29.1. The van der Waals surface area contributed by atoms with Gasteiger partial charge in [0.2, 0.25) is 0 Å². The van der Waals surface area contributed by atoms with Gasteiger partial charge in [0.15, 0.2) is 0 Å². The zero-order chi connectivity index (χ0) is 11.4. The highest BCUT2D eigenvalue weighted by Gasteiger charge is 2.31. The van der Waals surface area contributed by atoms with Gasteiger partial charge in [-0.15, -0.1) is 0 Å². The molecule has 0 spiro atoms. The molecule has 2 unspecified atom stereocenters. The van der Waals surface area contributed by atoms with Gasteiger partial charge in [-0.05, 0) is 6.42 Å². The van der Waals surface area contributed by atoms with Crippen LogP contribution in [0.4, 0.5) is 0 Å².